The summed E-state index contributed by atoms with van der Waals surface area (Å²) in [6.45, 7) is 4.03. The lowest BCUT2D eigenvalue weighted by atomic mass is 10.0. The SMILES string of the molecule is CCCC/C=C/CC/C=C/CC/C=C/C(O)C(COP(=O)(O)OCCN)NC(=O)CCCCCCCCCCCCC/C=C\C/C=C\CCCCCCC. The summed E-state index contributed by atoms with van der Waals surface area (Å²) in [4.78, 5) is 22.7. The van der Waals surface area contributed by atoms with Gasteiger partial charge in [0.2, 0.25) is 5.91 Å². The molecule has 9 heteroatoms. The molecule has 0 aromatic carbocycles. The van der Waals surface area contributed by atoms with Crippen LogP contribution in [0.4, 0.5) is 0 Å². The van der Waals surface area contributed by atoms with E-state index in [0.29, 0.717) is 6.42 Å². The van der Waals surface area contributed by atoms with E-state index in [9.17, 15) is 19.4 Å². The first-order valence-corrected chi connectivity index (χ1v) is 23.4. The van der Waals surface area contributed by atoms with Gasteiger partial charge < -0.3 is 21.1 Å². The van der Waals surface area contributed by atoms with E-state index in [4.69, 9.17) is 14.8 Å². The standard InChI is InChI=1S/C45H83N2O6P/c1-3-5-7-9-11-13-15-17-18-19-20-21-22-23-24-25-26-27-29-31-33-35-37-39-45(49)47-43(42-53-54(50,51)52-41-40-46)44(48)38-36-34-32-30-28-16-14-12-10-8-6-4-2/h10,12,15,17,19-20,28,30,36,38,43-44,48H,3-9,11,13-14,16,18,21-27,29,31-35,37,39-42,46H2,1-2H3,(H,47,49)(H,50,51)/b12-10+,17-15-,20-19-,30-28+,38-36+. The molecule has 0 saturated heterocycles. The summed E-state index contributed by atoms with van der Waals surface area (Å²) in [6.07, 6.45) is 51.4. The highest BCUT2D eigenvalue weighted by Gasteiger charge is 2.26. The summed E-state index contributed by atoms with van der Waals surface area (Å²) in [5, 5.41) is 13.6. The Morgan fingerprint density at radius 1 is 0.611 bits per heavy atom. The van der Waals surface area contributed by atoms with Crippen LogP contribution in [0.15, 0.2) is 60.8 Å². The highest BCUT2D eigenvalue weighted by molar-refractivity contribution is 7.47. The van der Waals surface area contributed by atoms with Crippen LogP contribution in [0.5, 0.6) is 0 Å². The van der Waals surface area contributed by atoms with Crippen molar-refractivity contribution in [2.45, 2.75) is 199 Å². The maximum atomic E-state index is 12.7. The zero-order chi connectivity index (χ0) is 39.6. The number of nitrogens with one attached hydrogen (secondary N) is 1. The summed E-state index contributed by atoms with van der Waals surface area (Å²) in [5.41, 5.74) is 5.36. The zero-order valence-electron chi connectivity index (χ0n) is 34.7. The van der Waals surface area contributed by atoms with Gasteiger partial charge in [0.15, 0.2) is 0 Å². The van der Waals surface area contributed by atoms with Crippen molar-refractivity contribution in [1.29, 1.82) is 0 Å². The minimum Gasteiger partial charge on any atom is -0.387 e. The van der Waals surface area contributed by atoms with Gasteiger partial charge in [-0.3, -0.25) is 13.8 Å². The number of unbranched alkanes of at least 4 members (excludes halogenated alkanes) is 20. The molecule has 0 saturated carbocycles. The topological polar surface area (TPSA) is 131 Å². The van der Waals surface area contributed by atoms with Gasteiger partial charge in [-0.25, -0.2) is 4.57 Å². The predicted molar refractivity (Wildman–Crippen MR) is 230 cm³/mol. The molecule has 54 heavy (non-hydrogen) atoms. The Morgan fingerprint density at radius 3 is 1.59 bits per heavy atom. The van der Waals surface area contributed by atoms with Gasteiger partial charge in [0, 0.05) is 13.0 Å². The fourth-order valence-electron chi connectivity index (χ4n) is 5.94. The average molecular weight is 779 g/mol. The molecule has 0 aliphatic carbocycles. The van der Waals surface area contributed by atoms with Crippen LogP contribution in [0.25, 0.3) is 0 Å². The second-order valence-electron chi connectivity index (χ2n) is 14.5. The molecule has 0 heterocycles. The van der Waals surface area contributed by atoms with Crippen molar-refractivity contribution in [2.24, 2.45) is 5.73 Å². The van der Waals surface area contributed by atoms with E-state index < -0.39 is 20.0 Å². The number of hydrogen-bond acceptors (Lipinski definition) is 6. The van der Waals surface area contributed by atoms with E-state index in [1.54, 1.807) is 6.08 Å². The lowest BCUT2D eigenvalue weighted by Crippen LogP contribution is -2.45. The summed E-state index contributed by atoms with van der Waals surface area (Å²) < 4.78 is 22.1. The largest absolute Gasteiger partial charge is 0.472 e. The van der Waals surface area contributed by atoms with Gasteiger partial charge >= 0.3 is 7.82 Å². The number of carbonyl (C=O) groups is 1. The normalized spacial score (nSPS) is 14.7. The number of aliphatic hydroxyl groups excluding tert-OH is 1. The molecular weight excluding hydrogens is 695 g/mol. The molecule has 314 valence electrons. The lowest BCUT2D eigenvalue weighted by Gasteiger charge is -2.23. The summed E-state index contributed by atoms with van der Waals surface area (Å²) in [5.74, 6) is -0.214. The van der Waals surface area contributed by atoms with Crippen LogP contribution in [0.1, 0.15) is 187 Å². The first-order valence-electron chi connectivity index (χ1n) is 21.9. The molecule has 0 aliphatic heterocycles. The third-order valence-electron chi connectivity index (χ3n) is 9.29. The van der Waals surface area contributed by atoms with Gasteiger partial charge in [-0.05, 0) is 70.6 Å². The molecule has 0 aromatic rings. The molecule has 3 unspecified atom stereocenters. The Bertz CT molecular complexity index is 1030. The first kappa shape index (κ1) is 52.2. The number of carbonyl (C=O) groups excluding carboxylic acids is 1. The predicted octanol–water partition coefficient (Wildman–Crippen LogP) is 12.3. The number of phosphoric ester groups is 1. The van der Waals surface area contributed by atoms with Crippen LogP contribution in [0, 0.1) is 0 Å². The number of allylic oxidation sites excluding steroid dienone is 9. The van der Waals surface area contributed by atoms with Crippen LogP contribution in [0.2, 0.25) is 0 Å². The number of hydrogen-bond donors (Lipinski definition) is 4. The number of nitrogens with two attached hydrogens (primary N) is 1. The van der Waals surface area contributed by atoms with Gasteiger partial charge in [-0.15, -0.1) is 0 Å². The molecule has 0 bridgehead atoms. The highest BCUT2D eigenvalue weighted by Crippen LogP contribution is 2.43. The number of amides is 1. The Hall–Kier alpha value is -1.80. The molecule has 0 aliphatic rings. The molecule has 8 nitrogen and oxygen atoms in total. The van der Waals surface area contributed by atoms with Crippen molar-refractivity contribution in [1.82, 2.24) is 5.32 Å². The number of phosphoric acid groups is 1. The molecular formula is C45H83N2O6P. The van der Waals surface area contributed by atoms with E-state index in [0.717, 1.165) is 57.8 Å². The molecule has 1 amide bonds. The number of aliphatic hydroxyl groups is 1. The minimum atomic E-state index is -4.35. The van der Waals surface area contributed by atoms with E-state index in [1.807, 2.05) is 6.08 Å². The second kappa shape index (κ2) is 40.9. The monoisotopic (exact) mass is 779 g/mol. The van der Waals surface area contributed by atoms with Crippen LogP contribution < -0.4 is 11.1 Å². The molecule has 0 aromatic heterocycles. The quantitative estimate of drug-likeness (QED) is 0.0277. The Balaban J connectivity index is 4.16. The number of rotatable bonds is 40. The van der Waals surface area contributed by atoms with Crippen LogP contribution in [-0.4, -0.2) is 47.8 Å². The van der Waals surface area contributed by atoms with Crippen molar-refractivity contribution in [3.8, 4) is 0 Å². The Labute approximate surface area is 332 Å². The highest BCUT2D eigenvalue weighted by atomic mass is 31.2. The second-order valence-corrected chi connectivity index (χ2v) is 16.0. The van der Waals surface area contributed by atoms with Gasteiger partial charge in [-0.2, -0.15) is 0 Å². The van der Waals surface area contributed by atoms with Crippen molar-refractivity contribution in [3.05, 3.63) is 60.8 Å². The van der Waals surface area contributed by atoms with Gasteiger partial charge in [-0.1, -0.05) is 171 Å². The van der Waals surface area contributed by atoms with Crippen molar-refractivity contribution in [2.75, 3.05) is 19.8 Å². The maximum absolute atomic E-state index is 12.7. The van der Waals surface area contributed by atoms with Crippen LogP contribution in [0.3, 0.4) is 0 Å². The van der Waals surface area contributed by atoms with E-state index >= 15 is 0 Å². The van der Waals surface area contributed by atoms with Crippen molar-refractivity contribution >= 4 is 13.7 Å². The molecule has 5 N–H and O–H groups in total. The van der Waals surface area contributed by atoms with Gasteiger partial charge in [0.05, 0.1) is 25.4 Å². The molecule has 0 radical (unpaired) electrons. The van der Waals surface area contributed by atoms with Gasteiger partial charge in [0.25, 0.3) is 0 Å². The van der Waals surface area contributed by atoms with Crippen molar-refractivity contribution < 1.29 is 28.4 Å². The Morgan fingerprint density at radius 2 is 1.06 bits per heavy atom. The molecule has 3 atom stereocenters. The summed E-state index contributed by atoms with van der Waals surface area (Å²) >= 11 is 0. The van der Waals surface area contributed by atoms with Crippen LogP contribution >= 0.6 is 7.82 Å². The average Bonchev–Trinajstić information content (AvgIpc) is 3.16. The molecule has 0 spiro atoms. The third kappa shape index (κ3) is 38.5. The minimum absolute atomic E-state index is 0.0693. The van der Waals surface area contributed by atoms with Gasteiger partial charge in [0.1, 0.15) is 0 Å². The maximum Gasteiger partial charge on any atom is 0.472 e. The fourth-order valence-corrected chi connectivity index (χ4v) is 6.70. The van der Waals surface area contributed by atoms with E-state index in [1.165, 1.54) is 109 Å². The molecule has 0 rings (SSSR count). The Kier molecular flexibility index (Phi) is 39.5. The summed E-state index contributed by atoms with van der Waals surface area (Å²) in [7, 11) is -4.35. The van der Waals surface area contributed by atoms with Crippen LogP contribution in [-0.2, 0) is 18.4 Å². The van der Waals surface area contributed by atoms with Crippen molar-refractivity contribution in [3.63, 3.8) is 0 Å². The third-order valence-corrected chi connectivity index (χ3v) is 10.3. The molecule has 0 fully saturated rings. The zero-order valence-corrected chi connectivity index (χ0v) is 35.6. The summed E-state index contributed by atoms with van der Waals surface area (Å²) in [6, 6.07) is -0.885. The van der Waals surface area contributed by atoms with E-state index in [-0.39, 0.29) is 25.7 Å². The smallest absolute Gasteiger partial charge is 0.387 e. The van der Waals surface area contributed by atoms with E-state index in [2.05, 4.69) is 67.8 Å². The lowest BCUT2D eigenvalue weighted by molar-refractivity contribution is -0.123. The fraction of sp³-hybridized carbons (Fsp3) is 0.756. The first-order chi connectivity index (χ1) is 26.4.